The summed E-state index contributed by atoms with van der Waals surface area (Å²) in [6.07, 6.45) is 0. The maximum absolute atomic E-state index is 11.3. The van der Waals surface area contributed by atoms with Crippen LogP contribution < -0.4 is 5.32 Å². The largest absolute Gasteiger partial charge is 0.384 e. The minimum Gasteiger partial charge on any atom is -0.384 e. The molecule has 1 N–H and O–H groups in total. The summed E-state index contributed by atoms with van der Waals surface area (Å²) >= 11 is 5.93. The van der Waals surface area contributed by atoms with Crippen molar-refractivity contribution in [2.75, 3.05) is 17.7 Å². The lowest BCUT2D eigenvalue weighted by Crippen LogP contribution is -2.04. The summed E-state index contributed by atoms with van der Waals surface area (Å²) in [5, 5.41) is 26.3. The Hall–Kier alpha value is -2.41. The molecule has 1 aliphatic heterocycles. The molecule has 21 heavy (non-hydrogen) atoms. The maximum Gasteiger partial charge on any atom is 0.284 e. The zero-order chi connectivity index (χ0) is 15.1. The van der Waals surface area contributed by atoms with Crippen molar-refractivity contribution in [2.24, 2.45) is 0 Å². The molecule has 0 saturated carbocycles. The summed E-state index contributed by atoms with van der Waals surface area (Å²) in [7, 11) is 0. The lowest BCUT2D eigenvalue weighted by atomic mass is 9.94. The molecular weight excluding hydrogens is 298 g/mol. The van der Waals surface area contributed by atoms with E-state index < -0.39 is 9.85 Å². The molecule has 0 radical (unpaired) electrons. The molecule has 0 aromatic heterocycles. The van der Waals surface area contributed by atoms with Gasteiger partial charge in [0.1, 0.15) is 0 Å². The van der Waals surface area contributed by atoms with Crippen LogP contribution in [0.25, 0.3) is 10.8 Å². The van der Waals surface area contributed by atoms with Gasteiger partial charge in [-0.05, 0) is 17.0 Å². The Morgan fingerprint density at radius 3 is 2.62 bits per heavy atom. The molecule has 0 aliphatic carbocycles. The molecule has 8 heteroatoms. The van der Waals surface area contributed by atoms with Crippen LogP contribution in [0.4, 0.5) is 17.1 Å². The third-order valence-electron chi connectivity index (χ3n) is 3.66. The number of nitrogens with zero attached hydrogens (tertiary/aromatic N) is 2. The predicted molar refractivity (Wildman–Crippen MR) is 79.2 cm³/mol. The summed E-state index contributed by atoms with van der Waals surface area (Å²) in [4.78, 5) is 21.0. The zero-order valence-electron chi connectivity index (χ0n) is 10.7. The molecule has 1 unspecified atom stereocenters. The Kier molecular flexibility index (Phi) is 3.13. The number of hydrogen-bond donors (Lipinski definition) is 1. The van der Waals surface area contributed by atoms with Crippen LogP contribution in [0.5, 0.6) is 0 Å². The molecule has 7 nitrogen and oxygen atoms in total. The van der Waals surface area contributed by atoms with E-state index in [4.69, 9.17) is 11.6 Å². The summed E-state index contributed by atoms with van der Waals surface area (Å²) < 4.78 is 0. The second-order valence-corrected chi connectivity index (χ2v) is 5.14. The van der Waals surface area contributed by atoms with E-state index in [2.05, 4.69) is 5.32 Å². The van der Waals surface area contributed by atoms with Crippen LogP contribution in [0.3, 0.4) is 0 Å². The van der Waals surface area contributed by atoms with Crippen LogP contribution in [0, 0.1) is 20.2 Å². The van der Waals surface area contributed by atoms with Crippen LogP contribution in [-0.4, -0.2) is 22.3 Å². The van der Waals surface area contributed by atoms with Gasteiger partial charge in [0.25, 0.3) is 11.4 Å². The standard InChI is InChI=1S/C13H10ClN3O4/c14-5-8-6-15-10-2-1-7-3-9(16(18)19)4-11(17(20)21)13(7)12(8)10/h1-4,8,15H,5-6H2. The number of fused-ring (bicyclic) bond motifs is 3. The molecule has 1 atom stereocenters. The van der Waals surface area contributed by atoms with Gasteiger partial charge in [0.2, 0.25) is 0 Å². The molecule has 2 aromatic carbocycles. The Balaban J connectivity index is 2.40. The summed E-state index contributed by atoms with van der Waals surface area (Å²) in [5.41, 5.74) is 1.02. The number of nitro groups is 2. The first-order valence-electron chi connectivity index (χ1n) is 6.22. The van der Waals surface area contributed by atoms with Crippen LogP contribution in [0.2, 0.25) is 0 Å². The van der Waals surface area contributed by atoms with Crippen molar-refractivity contribution >= 4 is 39.4 Å². The number of alkyl halides is 1. The van der Waals surface area contributed by atoms with Crippen LogP contribution in [-0.2, 0) is 0 Å². The van der Waals surface area contributed by atoms with Crippen molar-refractivity contribution < 1.29 is 9.85 Å². The highest BCUT2D eigenvalue weighted by Crippen LogP contribution is 2.43. The molecule has 0 fully saturated rings. The van der Waals surface area contributed by atoms with Crippen LogP contribution in [0.1, 0.15) is 11.5 Å². The lowest BCUT2D eigenvalue weighted by molar-refractivity contribution is -0.393. The van der Waals surface area contributed by atoms with Crippen molar-refractivity contribution in [3.8, 4) is 0 Å². The van der Waals surface area contributed by atoms with Gasteiger partial charge < -0.3 is 5.32 Å². The second-order valence-electron chi connectivity index (χ2n) is 4.84. The minimum absolute atomic E-state index is 0.0504. The van der Waals surface area contributed by atoms with E-state index in [1.165, 1.54) is 6.07 Å². The number of rotatable bonds is 3. The highest BCUT2D eigenvalue weighted by atomic mass is 35.5. The number of anilines is 1. The van der Waals surface area contributed by atoms with Gasteiger partial charge in [0.05, 0.1) is 21.3 Å². The van der Waals surface area contributed by atoms with Crippen molar-refractivity contribution in [3.63, 3.8) is 0 Å². The van der Waals surface area contributed by atoms with Gasteiger partial charge in [-0.3, -0.25) is 20.2 Å². The van der Waals surface area contributed by atoms with Gasteiger partial charge in [-0.25, -0.2) is 0 Å². The fraction of sp³-hybridized carbons (Fsp3) is 0.231. The molecule has 0 spiro atoms. The van der Waals surface area contributed by atoms with E-state index in [1.54, 1.807) is 12.1 Å². The highest BCUT2D eigenvalue weighted by Gasteiger charge is 2.29. The fourth-order valence-corrected chi connectivity index (χ4v) is 3.01. The number of hydrogen-bond acceptors (Lipinski definition) is 5. The van der Waals surface area contributed by atoms with Gasteiger partial charge in [0, 0.05) is 30.1 Å². The van der Waals surface area contributed by atoms with Crippen LogP contribution >= 0.6 is 11.6 Å². The molecule has 1 heterocycles. The van der Waals surface area contributed by atoms with E-state index in [-0.39, 0.29) is 17.3 Å². The maximum atomic E-state index is 11.3. The minimum atomic E-state index is -0.628. The van der Waals surface area contributed by atoms with Crippen molar-refractivity contribution in [3.05, 3.63) is 50.1 Å². The van der Waals surface area contributed by atoms with Gasteiger partial charge >= 0.3 is 0 Å². The fourth-order valence-electron chi connectivity index (χ4n) is 2.75. The first-order valence-corrected chi connectivity index (χ1v) is 6.75. The highest BCUT2D eigenvalue weighted by molar-refractivity contribution is 6.19. The second kappa shape index (κ2) is 4.85. The van der Waals surface area contributed by atoms with E-state index in [0.29, 0.717) is 23.2 Å². The number of non-ortho nitro benzene ring substituents is 2. The number of benzene rings is 2. The molecule has 0 saturated heterocycles. The quantitative estimate of drug-likeness (QED) is 0.532. The van der Waals surface area contributed by atoms with Crippen molar-refractivity contribution in [1.82, 2.24) is 0 Å². The molecule has 1 aliphatic rings. The average Bonchev–Trinajstić information content (AvgIpc) is 2.88. The smallest absolute Gasteiger partial charge is 0.284 e. The van der Waals surface area contributed by atoms with E-state index in [1.807, 2.05) is 0 Å². The number of halogens is 1. The third-order valence-corrected chi connectivity index (χ3v) is 4.04. The summed E-state index contributed by atoms with van der Waals surface area (Å²) in [6.45, 7) is 0.603. The zero-order valence-corrected chi connectivity index (χ0v) is 11.5. The first kappa shape index (κ1) is 13.6. The Labute approximate surface area is 123 Å². The monoisotopic (exact) mass is 307 g/mol. The van der Waals surface area contributed by atoms with E-state index in [9.17, 15) is 20.2 Å². The van der Waals surface area contributed by atoms with E-state index >= 15 is 0 Å². The van der Waals surface area contributed by atoms with Gasteiger partial charge in [0.15, 0.2) is 0 Å². The molecular formula is C13H10ClN3O4. The number of nitrogens with one attached hydrogen (secondary N) is 1. The summed E-state index contributed by atoms with van der Waals surface area (Å²) in [5.74, 6) is 0.276. The molecule has 108 valence electrons. The van der Waals surface area contributed by atoms with Gasteiger partial charge in [-0.2, -0.15) is 0 Å². The van der Waals surface area contributed by atoms with Crippen molar-refractivity contribution in [1.29, 1.82) is 0 Å². The van der Waals surface area contributed by atoms with E-state index in [0.717, 1.165) is 17.3 Å². The molecule has 0 bridgehead atoms. The SMILES string of the molecule is O=[N+]([O-])c1cc([N+](=O)[O-])c2c3c(ccc2c1)NCC3CCl. The number of nitro benzene ring substituents is 2. The molecule has 3 rings (SSSR count). The first-order chi connectivity index (χ1) is 10.0. The third kappa shape index (κ3) is 2.06. The topological polar surface area (TPSA) is 98.3 Å². The lowest BCUT2D eigenvalue weighted by Gasteiger charge is -2.10. The molecule has 2 aromatic rings. The summed E-state index contributed by atoms with van der Waals surface area (Å²) in [6, 6.07) is 5.79. The van der Waals surface area contributed by atoms with Crippen LogP contribution in [0.15, 0.2) is 24.3 Å². The normalized spacial score (nSPS) is 16.5. The Bertz CT molecular complexity index is 778. The molecule has 0 amide bonds. The van der Waals surface area contributed by atoms with Gasteiger partial charge in [-0.15, -0.1) is 11.6 Å². The Morgan fingerprint density at radius 2 is 2.00 bits per heavy atom. The average molecular weight is 308 g/mol. The van der Waals surface area contributed by atoms with Crippen molar-refractivity contribution in [2.45, 2.75) is 5.92 Å². The van der Waals surface area contributed by atoms with Gasteiger partial charge in [-0.1, -0.05) is 6.07 Å². The Morgan fingerprint density at radius 1 is 1.24 bits per heavy atom. The predicted octanol–water partition coefficient (Wildman–Crippen LogP) is 3.40.